The van der Waals surface area contributed by atoms with Crippen LogP contribution in [0.15, 0.2) is 75.2 Å². The van der Waals surface area contributed by atoms with Gasteiger partial charge in [0.15, 0.2) is 11.5 Å². The minimum Gasteiger partial charge on any atom is -0.493 e. The average molecular weight is 556 g/mol. The van der Waals surface area contributed by atoms with Crippen molar-refractivity contribution in [2.75, 3.05) is 12.4 Å². The van der Waals surface area contributed by atoms with Crippen molar-refractivity contribution < 1.29 is 14.3 Å². The van der Waals surface area contributed by atoms with Crippen LogP contribution in [0.3, 0.4) is 0 Å². The molecule has 0 saturated heterocycles. The summed E-state index contributed by atoms with van der Waals surface area (Å²) in [6, 6.07) is 20.4. The number of methoxy groups -OCH3 is 1. The van der Waals surface area contributed by atoms with Crippen molar-refractivity contribution in [3.63, 3.8) is 0 Å². The Morgan fingerprint density at radius 1 is 1.06 bits per heavy atom. The van der Waals surface area contributed by atoms with Crippen LogP contribution in [0.4, 0.5) is 5.69 Å². The van der Waals surface area contributed by atoms with Crippen LogP contribution in [0.5, 0.6) is 11.5 Å². The number of ether oxygens (including phenoxy) is 2. The maximum Gasteiger partial charge on any atom is 0.266 e. The number of amides is 1. The molecule has 0 heterocycles. The Morgan fingerprint density at radius 2 is 1.81 bits per heavy atom. The number of rotatable bonds is 7. The Labute approximate surface area is 203 Å². The highest BCUT2D eigenvalue weighted by atomic mass is 79.9. The second-order valence-corrected chi connectivity index (χ2v) is 8.69. The zero-order valence-corrected chi connectivity index (χ0v) is 20.7. The molecule has 0 aliphatic carbocycles. The van der Waals surface area contributed by atoms with E-state index in [1.165, 1.54) is 6.08 Å². The average Bonchev–Trinajstić information content (AvgIpc) is 2.78. The topological polar surface area (TPSA) is 71.3 Å². The van der Waals surface area contributed by atoms with Crippen LogP contribution < -0.4 is 14.8 Å². The lowest BCUT2D eigenvalue weighted by Crippen LogP contribution is -2.13. The molecule has 0 radical (unpaired) electrons. The van der Waals surface area contributed by atoms with Gasteiger partial charge in [0.25, 0.3) is 5.91 Å². The molecule has 0 saturated carbocycles. The highest BCUT2D eigenvalue weighted by Crippen LogP contribution is 2.31. The van der Waals surface area contributed by atoms with Gasteiger partial charge in [-0.15, -0.1) is 0 Å². The number of hydrogen-bond acceptors (Lipinski definition) is 4. The van der Waals surface area contributed by atoms with Crippen molar-refractivity contribution in [2.45, 2.75) is 13.5 Å². The second-order valence-electron chi connectivity index (χ2n) is 6.92. The first kappa shape index (κ1) is 23.6. The first-order chi connectivity index (χ1) is 15.4. The van der Waals surface area contributed by atoms with Gasteiger partial charge in [0.1, 0.15) is 18.2 Å². The number of aryl methyl sites for hydroxylation is 1. The first-order valence-corrected chi connectivity index (χ1v) is 11.2. The van der Waals surface area contributed by atoms with E-state index in [1.807, 2.05) is 43.3 Å². The summed E-state index contributed by atoms with van der Waals surface area (Å²) in [5.74, 6) is 0.584. The van der Waals surface area contributed by atoms with Gasteiger partial charge in [-0.25, -0.2) is 0 Å². The molecule has 0 aliphatic heterocycles. The number of halogens is 2. The summed E-state index contributed by atoms with van der Waals surface area (Å²) in [7, 11) is 1.54. The Hall–Kier alpha value is -3.08. The molecule has 0 fully saturated rings. The molecule has 162 valence electrons. The Kier molecular flexibility index (Phi) is 8.09. The fourth-order valence-corrected chi connectivity index (χ4v) is 4.00. The van der Waals surface area contributed by atoms with E-state index in [9.17, 15) is 10.1 Å². The molecule has 0 unspecified atom stereocenters. The molecule has 32 heavy (non-hydrogen) atoms. The normalized spacial score (nSPS) is 10.9. The lowest BCUT2D eigenvalue weighted by atomic mass is 10.1. The number of nitrogens with one attached hydrogen (secondary N) is 1. The molecule has 0 aromatic heterocycles. The summed E-state index contributed by atoms with van der Waals surface area (Å²) >= 11 is 6.96. The van der Waals surface area contributed by atoms with Crippen LogP contribution in [0.2, 0.25) is 0 Å². The van der Waals surface area contributed by atoms with Crippen LogP contribution in [-0.4, -0.2) is 13.0 Å². The monoisotopic (exact) mass is 554 g/mol. The number of hydrogen-bond donors (Lipinski definition) is 1. The largest absolute Gasteiger partial charge is 0.493 e. The van der Waals surface area contributed by atoms with E-state index in [0.29, 0.717) is 29.4 Å². The third-order valence-electron chi connectivity index (χ3n) is 4.57. The van der Waals surface area contributed by atoms with Crippen molar-refractivity contribution in [3.05, 3.63) is 91.9 Å². The van der Waals surface area contributed by atoms with E-state index >= 15 is 0 Å². The number of benzene rings is 3. The molecule has 1 N–H and O–H groups in total. The van der Waals surface area contributed by atoms with E-state index in [-0.39, 0.29) is 5.57 Å². The predicted octanol–water partition coefficient (Wildman–Crippen LogP) is 6.65. The van der Waals surface area contributed by atoms with Crippen LogP contribution in [0.25, 0.3) is 6.08 Å². The van der Waals surface area contributed by atoms with Crippen LogP contribution in [0, 0.1) is 18.3 Å². The molecule has 3 aromatic rings. The summed E-state index contributed by atoms with van der Waals surface area (Å²) in [4.78, 5) is 12.5. The van der Waals surface area contributed by atoms with Crippen LogP contribution in [0.1, 0.15) is 16.7 Å². The predicted molar refractivity (Wildman–Crippen MR) is 133 cm³/mol. The van der Waals surface area contributed by atoms with E-state index in [0.717, 1.165) is 20.1 Å². The Bertz CT molecular complexity index is 1200. The molecule has 1 amide bonds. The minimum absolute atomic E-state index is 0.0138. The van der Waals surface area contributed by atoms with E-state index in [4.69, 9.17) is 9.47 Å². The molecule has 7 heteroatoms. The van der Waals surface area contributed by atoms with Gasteiger partial charge in [0.2, 0.25) is 0 Å². The summed E-state index contributed by atoms with van der Waals surface area (Å²) in [6.45, 7) is 2.31. The fraction of sp³-hybridized carbons (Fsp3) is 0.120. The number of carbonyl (C=O) groups excluding carboxylic acids is 1. The lowest BCUT2D eigenvalue weighted by Gasteiger charge is -2.12. The van der Waals surface area contributed by atoms with Crippen molar-refractivity contribution in [3.8, 4) is 17.6 Å². The van der Waals surface area contributed by atoms with Gasteiger partial charge in [-0.05, 0) is 55.0 Å². The fourth-order valence-electron chi connectivity index (χ4n) is 2.84. The molecule has 0 spiro atoms. The van der Waals surface area contributed by atoms with Gasteiger partial charge < -0.3 is 14.8 Å². The van der Waals surface area contributed by atoms with Gasteiger partial charge in [-0.3, -0.25) is 4.79 Å². The maximum absolute atomic E-state index is 12.5. The van der Waals surface area contributed by atoms with Gasteiger partial charge in [-0.1, -0.05) is 61.7 Å². The molecule has 0 atom stereocenters. The standard InChI is InChI=1S/C25H20Br2N2O3/c1-16-3-8-21(9-4-16)29-25(30)19(14-28)11-17-5-10-23(24(12-17)31-2)32-15-18-6-7-20(26)13-22(18)27/h3-13H,15H2,1-2H3,(H,29,30)/b19-11-. The summed E-state index contributed by atoms with van der Waals surface area (Å²) in [5, 5.41) is 12.2. The first-order valence-electron chi connectivity index (χ1n) is 9.64. The van der Waals surface area contributed by atoms with Crippen molar-refractivity contribution in [1.82, 2.24) is 0 Å². The smallest absolute Gasteiger partial charge is 0.266 e. The van der Waals surface area contributed by atoms with Gasteiger partial charge in [0, 0.05) is 20.2 Å². The van der Waals surface area contributed by atoms with Crippen molar-refractivity contribution >= 4 is 49.5 Å². The molecular weight excluding hydrogens is 536 g/mol. The second kappa shape index (κ2) is 11.0. The molecule has 0 bridgehead atoms. The van der Waals surface area contributed by atoms with Crippen molar-refractivity contribution in [1.29, 1.82) is 5.26 Å². The lowest BCUT2D eigenvalue weighted by molar-refractivity contribution is -0.112. The number of nitriles is 1. The van der Waals surface area contributed by atoms with Crippen LogP contribution in [-0.2, 0) is 11.4 Å². The number of anilines is 1. The maximum atomic E-state index is 12.5. The Morgan fingerprint density at radius 3 is 2.47 bits per heavy atom. The van der Waals surface area contributed by atoms with E-state index in [1.54, 1.807) is 37.4 Å². The van der Waals surface area contributed by atoms with Gasteiger partial charge >= 0.3 is 0 Å². The Balaban J connectivity index is 1.75. The summed E-state index contributed by atoms with van der Waals surface area (Å²) < 4.78 is 13.3. The molecule has 3 rings (SSSR count). The number of nitrogens with zero attached hydrogens (tertiary/aromatic N) is 1. The summed E-state index contributed by atoms with van der Waals surface area (Å²) in [6.07, 6.45) is 1.52. The zero-order valence-electron chi connectivity index (χ0n) is 17.5. The zero-order chi connectivity index (χ0) is 23.1. The third kappa shape index (κ3) is 6.22. The molecule has 3 aromatic carbocycles. The molecular formula is C25H20Br2N2O3. The third-order valence-corrected chi connectivity index (χ3v) is 5.80. The highest BCUT2D eigenvalue weighted by Gasteiger charge is 2.12. The SMILES string of the molecule is COc1cc(/C=C(/C#N)C(=O)Nc2ccc(C)cc2)ccc1OCc1ccc(Br)cc1Br. The van der Waals surface area contributed by atoms with E-state index in [2.05, 4.69) is 37.2 Å². The van der Waals surface area contributed by atoms with Gasteiger partial charge in [0.05, 0.1) is 7.11 Å². The summed E-state index contributed by atoms with van der Waals surface area (Å²) in [5.41, 5.74) is 3.33. The number of carbonyl (C=O) groups is 1. The van der Waals surface area contributed by atoms with Crippen molar-refractivity contribution in [2.24, 2.45) is 0 Å². The van der Waals surface area contributed by atoms with Gasteiger partial charge in [-0.2, -0.15) is 5.26 Å². The van der Waals surface area contributed by atoms with E-state index < -0.39 is 5.91 Å². The minimum atomic E-state index is -0.476. The highest BCUT2D eigenvalue weighted by molar-refractivity contribution is 9.11. The molecule has 0 aliphatic rings. The quantitative estimate of drug-likeness (QED) is 0.261. The molecule has 5 nitrogen and oxygen atoms in total. The van der Waals surface area contributed by atoms with Crippen LogP contribution >= 0.6 is 31.9 Å².